The molecule has 3 unspecified atom stereocenters. The minimum atomic E-state index is -3.28. The quantitative estimate of drug-likeness (QED) is 0.611. The van der Waals surface area contributed by atoms with Gasteiger partial charge in [-0.1, -0.05) is 20.8 Å². The Morgan fingerprint density at radius 2 is 1.47 bits per heavy atom. The standard InChI is InChI=1S/C7H9F3O.C4H10/c1-6(8)4-2-3-5(11-4)7(6,9)10;1-4(2)3/h4-5H,2-3H2,1H3;4H,1-3H3. The summed E-state index contributed by atoms with van der Waals surface area (Å²) in [6.07, 6.45) is -1.35. The highest BCUT2D eigenvalue weighted by molar-refractivity contribution is 5.11. The molecule has 0 saturated carbocycles. The van der Waals surface area contributed by atoms with Gasteiger partial charge in [0.1, 0.15) is 6.10 Å². The van der Waals surface area contributed by atoms with Gasteiger partial charge in [0.15, 0.2) is 5.67 Å². The molecule has 2 saturated heterocycles. The van der Waals surface area contributed by atoms with Gasteiger partial charge in [-0.05, 0) is 25.7 Å². The van der Waals surface area contributed by atoms with Crippen LogP contribution in [0.25, 0.3) is 0 Å². The Bertz CT molecular complexity index is 203. The van der Waals surface area contributed by atoms with Crippen LogP contribution in [0.15, 0.2) is 0 Å². The smallest absolute Gasteiger partial charge is 0.309 e. The first-order chi connectivity index (χ1) is 6.69. The highest BCUT2D eigenvalue weighted by Crippen LogP contribution is 2.53. The van der Waals surface area contributed by atoms with E-state index in [0.29, 0.717) is 6.42 Å². The zero-order chi connectivity index (χ0) is 11.9. The van der Waals surface area contributed by atoms with Crippen LogP contribution < -0.4 is 0 Å². The van der Waals surface area contributed by atoms with E-state index in [9.17, 15) is 13.2 Å². The number of hydrogen-bond acceptors (Lipinski definition) is 1. The zero-order valence-corrected chi connectivity index (χ0v) is 9.69. The fraction of sp³-hybridized carbons (Fsp3) is 1.00. The number of alkyl halides is 3. The fourth-order valence-electron chi connectivity index (χ4n) is 1.83. The fourth-order valence-corrected chi connectivity index (χ4v) is 1.83. The Morgan fingerprint density at radius 1 is 1.07 bits per heavy atom. The second kappa shape index (κ2) is 3.96. The monoisotopic (exact) mass is 224 g/mol. The summed E-state index contributed by atoms with van der Waals surface area (Å²) in [5.74, 6) is -2.45. The summed E-state index contributed by atoms with van der Waals surface area (Å²) in [6.45, 7) is 7.43. The van der Waals surface area contributed by atoms with Crippen LogP contribution in [0.4, 0.5) is 13.2 Å². The molecule has 3 atom stereocenters. The lowest BCUT2D eigenvalue weighted by atomic mass is 9.84. The van der Waals surface area contributed by atoms with Crippen LogP contribution in [0.1, 0.15) is 40.5 Å². The maximum absolute atomic E-state index is 13.2. The molecule has 0 aromatic heterocycles. The number of fused-ring (bicyclic) bond motifs is 2. The molecule has 15 heavy (non-hydrogen) atoms. The van der Waals surface area contributed by atoms with E-state index in [1.165, 1.54) is 0 Å². The van der Waals surface area contributed by atoms with Crippen molar-refractivity contribution >= 4 is 0 Å². The van der Waals surface area contributed by atoms with E-state index in [-0.39, 0.29) is 6.42 Å². The van der Waals surface area contributed by atoms with Crippen molar-refractivity contribution in [3.63, 3.8) is 0 Å². The first-order valence-electron chi connectivity index (χ1n) is 5.41. The zero-order valence-electron chi connectivity index (χ0n) is 9.69. The predicted molar refractivity (Wildman–Crippen MR) is 52.9 cm³/mol. The molecule has 2 bridgehead atoms. The molecule has 0 amide bonds. The van der Waals surface area contributed by atoms with Crippen molar-refractivity contribution in [3.05, 3.63) is 0 Å². The van der Waals surface area contributed by atoms with Crippen molar-refractivity contribution in [1.82, 2.24) is 0 Å². The van der Waals surface area contributed by atoms with E-state index in [1.54, 1.807) is 0 Å². The van der Waals surface area contributed by atoms with Gasteiger partial charge in [-0.3, -0.25) is 0 Å². The van der Waals surface area contributed by atoms with E-state index in [4.69, 9.17) is 4.74 Å². The highest BCUT2D eigenvalue weighted by atomic mass is 19.3. The molecule has 0 spiro atoms. The third kappa shape index (κ3) is 2.14. The number of ether oxygens (including phenoxy) is 1. The molecule has 2 aliphatic rings. The number of rotatable bonds is 0. The van der Waals surface area contributed by atoms with E-state index in [2.05, 4.69) is 20.8 Å². The Morgan fingerprint density at radius 3 is 1.67 bits per heavy atom. The Labute approximate surface area is 89.0 Å². The summed E-state index contributed by atoms with van der Waals surface area (Å²) in [7, 11) is 0. The van der Waals surface area contributed by atoms with Crippen LogP contribution in [-0.4, -0.2) is 23.8 Å². The Kier molecular flexibility index (Phi) is 3.39. The summed E-state index contributed by atoms with van der Waals surface area (Å²) in [5, 5.41) is 0. The number of hydrogen-bond donors (Lipinski definition) is 0. The first-order valence-corrected chi connectivity index (χ1v) is 5.41. The van der Waals surface area contributed by atoms with Crippen LogP contribution in [0.2, 0.25) is 0 Å². The summed E-state index contributed by atoms with van der Waals surface area (Å²) in [4.78, 5) is 0. The molecular formula is C11H19F3O. The SMILES string of the molecule is CC(C)C.CC1(F)C2CCC(O2)C1(F)F. The summed E-state index contributed by atoms with van der Waals surface area (Å²) in [6, 6.07) is 0. The third-order valence-corrected chi connectivity index (χ3v) is 2.68. The Balaban J connectivity index is 0.000000245. The van der Waals surface area contributed by atoms with Gasteiger partial charge in [0.25, 0.3) is 0 Å². The molecule has 2 rings (SSSR count). The Hall–Kier alpha value is -0.250. The first kappa shape index (κ1) is 12.8. The summed E-state index contributed by atoms with van der Waals surface area (Å²) >= 11 is 0. The lowest BCUT2D eigenvalue weighted by molar-refractivity contribution is -0.136. The van der Waals surface area contributed by atoms with Crippen molar-refractivity contribution in [2.45, 2.75) is 64.3 Å². The largest absolute Gasteiger partial charge is 0.365 e. The molecule has 0 aliphatic carbocycles. The van der Waals surface area contributed by atoms with Gasteiger partial charge in [0.05, 0.1) is 6.10 Å². The molecule has 0 N–H and O–H groups in total. The van der Waals surface area contributed by atoms with E-state index in [1.807, 2.05) is 0 Å². The molecule has 2 aliphatic heterocycles. The van der Waals surface area contributed by atoms with E-state index < -0.39 is 23.8 Å². The maximum Gasteiger partial charge on any atom is 0.309 e. The van der Waals surface area contributed by atoms with Crippen LogP contribution in [0.3, 0.4) is 0 Å². The average Bonchev–Trinajstić information content (AvgIpc) is 2.54. The molecule has 90 valence electrons. The molecule has 0 radical (unpaired) electrons. The van der Waals surface area contributed by atoms with Gasteiger partial charge < -0.3 is 4.74 Å². The lowest BCUT2D eigenvalue weighted by Crippen LogP contribution is -2.50. The van der Waals surface area contributed by atoms with Gasteiger partial charge in [-0.25, -0.2) is 13.2 Å². The minimum absolute atomic E-state index is 0.289. The van der Waals surface area contributed by atoms with Crippen LogP contribution >= 0.6 is 0 Å². The lowest BCUT2D eigenvalue weighted by Gasteiger charge is -2.30. The molecule has 1 nitrogen and oxygen atoms in total. The maximum atomic E-state index is 13.2. The van der Waals surface area contributed by atoms with Crippen LogP contribution in [-0.2, 0) is 4.74 Å². The van der Waals surface area contributed by atoms with Crippen molar-refractivity contribution < 1.29 is 17.9 Å². The van der Waals surface area contributed by atoms with Gasteiger partial charge in [-0.15, -0.1) is 0 Å². The van der Waals surface area contributed by atoms with Gasteiger partial charge in [-0.2, -0.15) is 0 Å². The van der Waals surface area contributed by atoms with Crippen LogP contribution in [0, 0.1) is 5.92 Å². The minimum Gasteiger partial charge on any atom is -0.365 e. The number of halogens is 3. The highest BCUT2D eigenvalue weighted by Gasteiger charge is 2.70. The van der Waals surface area contributed by atoms with Gasteiger partial charge in [0.2, 0.25) is 0 Å². The van der Waals surface area contributed by atoms with E-state index in [0.717, 1.165) is 12.8 Å². The van der Waals surface area contributed by atoms with Gasteiger partial charge >= 0.3 is 5.92 Å². The van der Waals surface area contributed by atoms with Crippen LogP contribution in [0.5, 0.6) is 0 Å². The second-order valence-electron chi connectivity index (χ2n) is 5.12. The normalized spacial score (nSPS) is 41.6. The van der Waals surface area contributed by atoms with Crippen molar-refractivity contribution in [3.8, 4) is 0 Å². The van der Waals surface area contributed by atoms with Gasteiger partial charge in [0, 0.05) is 0 Å². The molecule has 2 heterocycles. The van der Waals surface area contributed by atoms with E-state index >= 15 is 0 Å². The molecule has 2 fully saturated rings. The predicted octanol–water partition coefficient (Wildman–Crippen LogP) is 3.57. The van der Waals surface area contributed by atoms with Crippen molar-refractivity contribution in [1.29, 1.82) is 0 Å². The topological polar surface area (TPSA) is 9.23 Å². The average molecular weight is 224 g/mol. The van der Waals surface area contributed by atoms with Crippen molar-refractivity contribution in [2.24, 2.45) is 5.92 Å². The summed E-state index contributed by atoms with van der Waals surface area (Å²) < 4.78 is 43.8. The van der Waals surface area contributed by atoms with Crippen molar-refractivity contribution in [2.75, 3.05) is 0 Å². The third-order valence-electron chi connectivity index (χ3n) is 2.68. The second-order valence-corrected chi connectivity index (χ2v) is 5.12. The molecular weight excluding hydrogens is 205 g/mol. The molecule has 4 heteroatoms. The summed E-state index contributed by atoms with van der Waals surface area (Å²) in [5.41, 5.74) is -2.45. The molecule has 0 aromatic rings. The molecule has 0 aromatic carbocycles.